The van der Waals surface area contributed by atoms with Gasteiger partial charge in [-0.15, -0.1) is 27.1 Å². The smallest absolute Gasteiger partial charge is 0.231 e. The molecule has 31 heavy (non-hydrogen) atoms. The van der Waals surface area contributed by atoms with E-state index in [1.54, 1.807) is 34.5 Å². The predicted molar refractivity (Wildman–Crippen MR) is 122 cm³/mol. The molecule has 0 saturated carbocycles. The number of nitrogens with one attached hydrogen (secondary N) is 1. The number of carbonyl (C=O) groups is 1. The van der Waals surface area contributed by atoms with Gasteiger partial charge in [0.25, 0.3) is 0 Å². The number of ether oxygens (including phenoxy) is 1. The van der Waals surface area contributed by atoms with Crippen molar-refractivity contribution < 1.29 is 9.53 Å². The molecule has 0 fully saturated rings. The van der Waals surface area contributed by atoms with Crippen molar-refractivity contribution in [1.82, 2.24) is 25.1 Å². The third kappa shape index (κ3) is 5.53. The second kappa shape index (κ2) is 10.3. The Bertz CT molecular complexity index is 1170. The molecule has 9 heteroatoms. The van der Waals surface area contributed by atoms with Crippen molar-refractivity contribution in [2.24, 2.45) is 0 Å². The molecule has 0 spiro atoms. The Kier molecular flexibility index (Phi) is 7.01. The van der Waals surface area contributed by atoms with Crippen molar-refractivity contribution in [1.29, 1.82) is 0 Å². The summed E-state index contributed by atoms with van der Waals surface area (Å²) in [4.78, 5) is 13.1. The number of hydrogen-bond acceptors (Lipinski definition) is 6. The number of amides is 1. The van der Waals surface area contributed by atoms with E-state index in [-0.39, 0.29) is 5.91 Å². The highest BCUT2D eigenvalue weighted by atomic mass is 35.5. The summed E-state index contributed by atoms with van der Waals surface area (Å²) >= 11 is 7.94. The first-order valence-electron chi connectivity index (χ1n) is 9.75. The first kappa shape index (κ1) is 21.1. The number of fused-ring (bicyclic) bond motifs is 1. The third-order valence-corrected chi connectivity index (χ3v) is 5.71. The van der Waals surface area contributed by atoms with Gasteiger partial charge in [0.2, 0.25) is 11.8 Å². The number of thioether (sulfide) groups is 1. The maximum Gasteiger partial charge on any atom is 0.231 e. The van der Waals surface area contributed by atoms with E-state index in [0.717, 1.165) is 16.2 Å². The topological polar surface area (TPSA) is 81.4 Å². The van der Waals surface area contributed by atoms with E-state index in [0.29, 0.717) is 41.9 Å². The molecule has 4 aromatic rings. The Morgan fingerprint density at radius 1 is 1.03 bits per heavy atom. The Hall–Kier alpha value is -3.10. The maximum absolute atomic E-state index is 12.0. The Labute approximate surface area is 188 Å². The number of aromatic nitrogens is 4. The molecule has 0 saturated heterocycles. The van der Waals surface area contributed by atoms with Crippen LogP contribution in [0.3, 0.4) is 0 Å². The predicted octanol–water partition coefficient (Wildman–Crippen LogP) is 4.12. The second-order valence-electron chi connectivity index (χ2n) is 6.55. The van der Waals surface area contributed by atoms with Crippen LogP contribution in [0.1, 0.15) is 6.42 Å². The van der Waals surface area contributed by atoms with Crippen molar-refractivity contribution in [3.05, 3.63) is 71.8 Å². The van der Waals surface area contributed by atoms with E-state index >= 15 is 0 Å². The summed E-state index contributed by atoms with van der Waals surface area (Å²) in [6.07, 6.45) is 0.450. The number of nitrogens with zero attached hydrogens (tertiary/aromatic N) is 4. The standard InChI is InChI=1S/C22H20ClN5O2S/c23-18-9-5-4-8-17(18)22-26-25-19-10-11-21(27-28(19)22)30-14-13-24-20(29)12-15-31-16-6-2-1-3-7-16/h1-11H,12-15H2,(H,24,29). The SMILES string of the molecule is O=C(CCSc1ccccc1)NCCOc1ccc2nnc(-c3ccccc3Cl)n2n1. The molecule has 158 valence electrons. The van der Waals surface area contributed by atoms with Crippen molar-refractivity contribution in [2.75, 3.05) is 18.9 Å². The van der Waals surface area contributed by atoms with Crippen molar-refractivity contribution in [3.8, 4) is 17.3 Å². The largest absolute Gasteiger partial charge is 0.475 e. The molecular weight excluding hydrogens is 434 g/mol. The van der Waals surface area contributed by atoms with Crippen LogP contribution in [0.4, 0.5) is 0 Å². The number of rotatable bonds is 9. The zero-order chi connectivity index (χ0) is 21.5. The van der Waals surface area contributed by atoms with Gasteiger partial charge >= 0.3 is 0 Å². The molecule has 1 amide bonds. The Morgan fingerprint density at radius 3 is 2.68 bits per heavy atom. The minimum Gasteiger partial charge on any atom is -0.475 e. The first-order chi connectivity index (χ1) is 15.2. The minimum atomic E-state index is -0.00439. The lowest BCUT2D eigenvalue weighted by atomic mass is 10.2. The number of carbonyl (C=O) groups excluding carboxylic acids is 1. The molecule has 2 heterocycles. The van der Waals surface area contributed by atoms with Crippen LogP contribution in [0.5, 0.6) is 5.88 Å². The molecule has 7 nitrogen and oxygen atoms in total. The molecule has 0 radical (unpaired) electrons. The minimum absolute atomic E-state index is 0.00439. The number of hydrogen-bond donors (Lipinski definition) is 1. The van der Waals surface area contributed by atoms with E-state index in [1.165, 1.54) is 0 Å². The van der Waals surface area contributed by atoms with Gasteiger partial charge in [0, 0.05) is 28.7 Å². The average molecular weight is 454 g/mol. The number of benzene rings is 2. The molecule has 2 aromatic heterocycles. The van der Waals surface area contributed by atoms with E-state index in [2.05, 4.69) is 20.6 Å². The first-order valence-corrected chi connectivity index (χ1v) is 11.1. The molecule has 0 bridgehead atoms. The molecule has 0 atom stereocenters. The molecule has 0 unspecified atom stereocenters. The highest BCUT2D eigenvalue weighted by Gasteiger charge is 2.13. The third-order valence-electron chi connectivity index (χ3n) is 4.37. The van der Waals surface area contributed by atoms with E-state index in [4.69, 9.17) is 16.3 Å². The Morgan fingerprint density at radius 2 is 1.84 bits per heavy atom. The zero-order valence-electron chi connectivity index (χ0n) is 16.6. The van der Waals surface area contributed by atoms with E-state index < -0.39 is 0 Å². The van der Waals surface area contributed by atoms with Gasteiger partial charge in [0.05, 0.1) is 11.6 Å². The quantitative estimate of drug-likeness (QED) is 0.303. The molecule has 1 N–H and O–H groups in total. The molecule has 0 aliphatic heterocycles. The normalized spacial score (nSPS) is 10.9. The van der Waals surface area contributed by atoms with Crippen molar-refractivity contribution >= 4 is 34.9 Å². The van der Waals surface area contributed by atoms with Gasteiger partial charge < -0.3 is 10.1 Å². The summed E-state index contributed by atoms with van der Waals surface area (Å²) in [5.41, 5.74) is 1.33. The summed E-state index contributed by atoms with van der Waals surface area (Å²) in [6, 6.07) is 20.9. The highest BCUT2D eigenvalue weighted by molar-refractivity contribution is 7.99. The lowest BCUT2D eigenvalue weighted by Crippen LogP contribution is -2.28. The molecule has 0 aliphatic carbocycles. The molecule has 4 rings (SSSR count). The van der Waals surface area contributed by atoms with Crippen LogP contribution in [-0.4, -0.2) is 44.6 Å². The zero-order valence-corrected chi connectivity index (χ0v) is 18.1. The van der Waals surface area contributed by atoms with Crippen LogP contribution in [0.2, 0.25) is 5.02 Å². The fraction of sp³-hybridized carbons (Fsp3) is 0.182. The summed E-state index contributed by atoms with van der Waals surface area (Å²) in [5.74, 6) is 1.67. The molecule has 0 aliphatic rings. The average Bonchev–Trinajstić information content (AvgIpc) is 3.21. The van der Waals surface area contributed by atoms with E-state index in [1.807, 2.05) is 48.5 Å². The maximum atomic E-state index is 12.0. The van der Waals surface area contributed by atoms with Gasteiger partial charge in [-0.2, -0.15) is 4.52 Å². The van der Waals surface area contributed by atoms with Crippen LogP contribution in [-0.2, 0) is 4.79 Å². The highest BCUT2D eigenvalue weighted by Crippen LogP contribution is 2.26. The molecular formula is C22H20ClN5O2S. The van der Waals surface area contributed by atoms with Crippen LogP contribution in [0.25, 0.3) is 17.0 Å². The lowest BCUT2D eigenvalue weighted by molar-refractivity contribution is -0.120. The monoisotopic (exact) mass is 453 g/mol. The van der Waals surface area contributed by atoms with Crippen molar-refractivity contribution in [2.45, 2.75) is 11.3 Å². The van der Waals surface area contributed by atoms with Gasteiger partial charge in [-0.1, -0.05) is 41.9 Å². The Balaban J connectivity index is 1.27. The van der Waals surface area contributed by atoms with Crippen LogP contribution < -0.4 is 10.1 Å². The fourth-order valence-corrected chi connectivity index (χ4v) is 3.97. The van der Waals surface area contributed by atoms with Crippen LogP contribution in [0.15, 0.2) is 71.6 Å². The summed E-state index contributed by atoms with van der Waals surface area (Å²) in [7, 11) is 0. The fourth-order valence-electron chi connectivity index (χ4n) is 2.87. The van der Waals surface area contributed by atoms with Gasteiger partial charge in [-0.25, -0.2) is 0 Å². The summed E-state index contributed by atoms with van der Waals surface area (Å²) < 4.78 is 7.28. The lowest BCUT2D eigenvalue weighted by Gasteiger charge is -2.08. The van der Waals surface area contributed by atoms with Crippen molar-refractivity contribution in [3.63, 3.8) is 0 Å². The van der Waals surface area contributed by atoms with E-state index in [9.17, 15) is 4.79 Å². The van der Waals surface area contributed by atoms with Gasteiger partial charge in [0.1, 0.15) is 6.61 Å². The second-order valence-corrected chi connectivity index (χ2v) is 8.13. The summed E-state index contributed by atoms with van der Waals surface area (Å²) in [6.45, 7) is 0.702. The van der Waals surface area contributed by atoms with Gasteiger partial charge in [0.15, 0.2) is 11.5 Å². The molecule has 2 aromatic carbocycles. The van der Waals surface area contributed by atoms with Gasteiger partial charge in [-0.05, 0) is 30.3 Å². The summed E-state index contributed by atoms with van der Waals surface area (Å²) in [5, 5.41) is 16.2. The number of halogens is 1. The van der Waals surface area contributed by atoms with Gasteiger partial charge in [-0.3, -0.25) is 4.79 Å². The van der Waals surface area contributed by atoms with Crippen LogP contribution >= 0.6 is 23.4 Å². The van der Waals surface area contributed by atoms with Crippen LogP contribution in [0, 0.1) is 0 Å².